The molecule has 0 radical (unpaired) electrons. The molecule has 0 unspecified atom stereocenters. The Bertz CT molecular complexity index is 1500. The Morgan fingerprint density at radius 1 is 0.921 bits per heavy atom. The van der Waals surface area contributed by atoms with E-state index in [0.717, 1.165) is 11.0 Å². The minimum Gasteiger partial charge on any atom is -0.494 e. The predicted molar refractivity (Wildman–Crippen MR) is 136 cm³/mol. The Morgan fingerprint density at radius 2 is 1.53 bits per heavy atom. The molecule has 0 bridgehead atoms. The van der Waals surface area contributed by atoms with Gasteiger partial charge in [-0.25, -0.2) is 19.3 Å². The third-order valence-corrected chi connectivity index (χ3v) is 5.95. The Kier molecular flexibility index (Phi) is 6.85. The number of anilines is 1. The van der Waals surface area contributed by atoms with E-state index >= 15 is 0 Å². The van der Waals surface area contributed by atoms with Crippen LogP contribution in [0.5, 0.6) is 5.75 Å². The molecule has 3 aromatic rings. The number of ether oxygens (including phenoxy) is 1. The SMILES string of the molecule is CCOc1ccc(N2C(=O)NC(=O)/C(=C\c3cc(C)n(-c4cc(C(=O)O)cc(C(=O)O)c4)c3C)C2=O)cc1. The van der Waals surface area contributed by atoms with Crippen LogP contribution in [0.4, 0.5) is 10.5 Å². The van der Waals surface area contributed by atoms with E-state index in [1.165, 1.54) is 30.3 Å². The van der Waals surface area contributed by atoms with E-state index in [1.54, 1.807) is 36.6 Å². The van der Waals surface area contributed by atoms with Gasteiger partial charge >= 0.3 is 18.0 Å². The van der Waals surface area contributed by atoms with Gasteiger partial charge in [0, 0.05) is 17.1 Å². The first-order valence-corrected chi connectivity index (χ1v) is 11.5. The number of hydrogen-bond donors (Lipinski definition) is 3. The highest BCUT2D eigenvalue weighted by Crippen LogP contribution is 2.28. The number of barbiturate groups is 1. The summed E-state index contributed by atoms with van der Waals surface area (Å²) in [7, 11) is 0. The summed E-state index contributed by atoms with van der Waals surface area (Å²) in [6, 6.07) is 10.7. The summed E-state index contributed by atoms with van der Waals surface area (Å²) < 4.78 is 7.00. The minimum absolute atomic E-state index is 0.210. The summed E-state index contributed by atoms with van der Waals surface area (Å²) in [5.41, 5.74) is 1.37. The predicted octanol–water partition coefficient (Wildman–Crippen LogP) is 3.56. The van der Waals surface area contributed by atoms with Crippen molar-refractivity contribution in [1.29, 1.82) is 0 Å². The minimum atomic E-state index is -1.29. The first kappa shape index (κ1) is 25.9. The number of benzene rings is 2. The number of aryl methyl sites for hydroxylation is 1. The van der Waals surface area contributed by atoms with Gasteiger partial charge in [0.15, 0.2) is 0 Å². The Hall–Kier alpha value is -5.19. The van der Waals surface area contributed by atoms with Crippen LogP contribution in [0.25, 0.3) is 11.8 Å². The lowest BCUT2D eigenvalue weighted by Gasteiger charge is -2.26. The smallest absolute Gasteiger partial charge is 0.335 e. The quantitative estimate of drug-likeness (QED) is 0.317. The van der Waals surface area contributed by atoms with E-state index in [2.05, 4.69) is 5.32 Å². The van der Waals surface area contributed by atoms with Gasteiger partial charge in [0.2, 0.25) is 0 Å². The number of aromatic carboxylic acids is 2. The molecule has 11 heteroatoms. The maximum Gasteiger partial charge on any atom is 0.335 e. The highest BCUT2D eigenvalue weighted by Gasteiger charge is 2.37. The van der Waals surface area contributed by atoms with Gasteiger partial charge in [-0.05, 0) is 80.9 Å². The van der Waals surface area contributed by atoms with Crippen LogP contribution in [0.3, 0.4) is 0 Å². The molecule has 0 saturated carbocycles. The summed E-state index contributed by atoms with van der Waals surface area (Å²) in [4.78, 5) is 62.4. The summed E-state index contributed by atoms with van der Waals surface area (Å²) in [6.45, 7) is 5.65. The second kappa shape index (κ2) is 10.1. The van der Waals surface area contributed by atoms with Crippen LogP contribution >= 0.6 is 0 Å². The van der Waals surface area contributed by atoms with E-state index in [9.17, 15) is 34.2 Å². The zero-order chi connectivity index (χ0) is 27.7. The molecule has 4 rings (SSSR count). The van der Waals surface area contributed by atoms with E-state index in [-0.39, 0.29) is 28.1 Å². The number of rotatable bonds is 7. The van der Waals surface area contributed by atoms with Gasteiger partial charge in [-0.2, -0.15) is 0 Å². The summed E-state index contributed by atoms with van der Waals surface area (Å²) >= 11 is 0. The number of amides is 4. The maximum atomic E-state index is 13.3. The molecular weight excluding hydrogens is 494 g/mol. The van der Waals surface area contributed by atoms with Crippen LogP contribution in [0, 0.1) is 13.8 Å². The van der Waals surface area contributed by atoms with Crippen molar-refractivity contribution in [3.05, 3.63) is 82.2 Å². The summed E-state index contributed by atoms with van der Waals surface area (Å²) in [5, 5.41) is 21.0. The number of carbonyl (C=O) groups excluding carboxylic acids is 3. The van der Waals surface area contributed by atoms with Crippen LogP contribution in [0.2, 0.25) is 0 Å². The fourth-order valence-corrected chi connectivity index (χ4v) is 4.22. The zero-order valence-electron chi connectivity index (χ0n) is 20.6. The van der Waals surface area contributed by atoms with Crippen molar-refractivity contribution in [2.24, 2.45) is 0 Å². The molecule has 38 heavy (non-hydrogen) atoms. The average molecular weight is 517 g/mol. The molecule has 2 heterocycles. The number of aromatic nitrogens is 1. The lowest BCUT2D eigenvalue weighted by Crippen LogP contribution is -2.54. The highest BCUT2D eigenvalue weighted by atomic mass is 16.5. The molecule has 2 aromatic carbocycles. The molecule has 1 aromatic heterocycles. The summed E-state index contributed by atoms with van der Waals surface area (Å²) in [5.74, 6) is -3.72. The molecule has 1 fully saturated rings. The van der Waals surface area contributed by atoms with Crippen LogP contribution < -0.4 is 15.0 Å². The van der Waals surface area contributed by atoms with Gasteiger partial charge in [0.1, 0.15) is 11.3 Å². The second-order valence-corrected chi connectivity index (χ2v) is 8.43. The standard InChI is InChI=1S/C27H23N3O8/c1-4-38-21-7-5-19(6-8-21)30-24(32)22(23(31)28-27(30)37)13-16-9-14(2)29(15(16)3)20-11-17(25(33)34)10-18(12-20)26(35)36/h5-13H,4H2,1-3H3,(H,33,34)(H,35,36)(H,28,31,37)/b22-13+. The first-order valence-electron chi connectivity index (χ1n) is 11.5. The van der Waals surface area contributed by atoms with Gasteiger partial charge in [-0.3, -0.25) is 14.9 Å². The number of carboxylic acids is 2. The number of nitrogens with one attached hydrogen (secondary N) is 1. The van der Waals surface area contributed by atoms with Crippen molar-refractivity contribution in [1.82, 2.24) is 9.88 Å². The van der Waals surface area contributed by atoms with Crippen LogP contribution in [0.1, 0.15) is 44.6 Å². The van der Waals surface area contributed by atoms with Crippen LogP contribution in [0.15, 0.2) is 54.1 Å². The Morgan fingerprint density at radius 3 is 2.08 bits per heavy atom. The number of nitrogens with zero attached hydrogens (tertiary/aromatic N) is 2. The average Bonchev–Trinajstić information content (AvgIpc) is 3.14. The van der Waals surface area contributed by atoms with Gasteiger partial charge < -0.3 is 19.5 Å². The van der Waals surface area contributed by atoms with E-state index < -0.39 is 29.8 Å². The Labute approximate surface area is 216 Å². The largest absolute Gasteiger partial charge is 0.494 e. The van der Waals surface area contributed by atoms with Crippen molar-refractivity contribution in [3.63, 3.8) is 0 Å². The fraction of sp³-hybridized carbons (Fsp3) is 0.148. The van der Waals surface area contributed by atoms with Crippen molar-refractivity contribution in [2.45, 2.75) is 20.8 Å². The highest BCUT2D eigenvalue weighted by molar-refractivity contribution is 6.39. The molecule has 11 nitrogen and oxygen atoms in total. The van der Waals surface area contributed by atoms with Crippen molar-refractivity contribution in [2.75, 3.05) is 11.5 Å². The molecule has 4 amide bonds. The fourth-order valence-electron chi connectivity index (χ4n) is 4.22. The lowest BCUT2D eigenvalue weighted by molar-refractivity contribution is -0.122. The van der Waals surface area contributed by atoms with Gasteiger partial charge in [0.05, 0.1) is 23.4 Å². The lowest BCUT2D eigenvalue weighted by atomic mass is 10.1. The molecule has 3 N–H and O–H groups in total. The van der Waals surface area contributed by atoms with Crippen molar-refractivity contribution >= 4 is 41.5 Å². The molecule has 1 aliphatic heterocycles. The van der Waals surface area contributed by atoms with Gasteiger partial charge in [0.25, 0.3) is 11.8 Å². The maximum absolute atomic E-state index is 13.3. The van der Waals surface area contributed by atoms with E-state index in [1.807, 2.05) is 6.92 Å². The monoisotopic (exact) mass is 517 g/mol. The van der Waals surface area contributed by atoms with Crippen molar-refractivity contribution in [3.8, 4) is 11.4 Å². The van der Waals surface area contributed by atoms with Gasteiger partial charge in [-0.1, -0.05) is 0 Å². The number of hydrogen-bond acceptors (Lipinski definition) is 6. The summed E-state index contributed by atoms with van der Waals surface area (Å²) in [6.07, 6.45) is 1.34. The Balaban J connectivity index is 1.76. The zero-order valence-corrected chi connectivity index (χ0v) is 20.6. The topological polar surface area (TPSA) is 155 Å². The molecular formula is C27H23N3O8. The first-order chi connectivity index (χ1) is 18.0. The van der Waals surface area contributed by atoms with E-state index in [4.69, 9.17) is 4.74 Å². The molecule has 1 saturated heterocycles. The molecule has 194 valence electrons. The third kappa shape index (κ3) is 4.76. The number of imide groups is 2. The third-order valence-electron chi connectivity index (χ3n) is 5.95. The molecule has 0 spiro atoms. The number of carboxylic acid groups (broad SMARTS) is 2. The van der Waals surface area contributed by atoms with Crippen LogP contribution in [-0.4, -0.2) is 51.2 Å². The molecule has 0 aliphatic carbocycles. The van der Waals surface area contributed by atoms with Gasteiger partial charge in [-0.15, -0.1) is 0 Å². The van der Waals surface area contributed by atoms with Crippen LogP contribution in [-0.2, 0) is 9.59 Å². The van der Waals surface area contributed by atoms with E-state index in [0.29, 0.717) is 29.3 Å². The number of carbonyl (C=O) groups is 5. The molecule has 1 aliphatic rings. The van der Waals surface area contributed by atoms with Crippen molar-refractivity contribution < 1.29 is 38.9 Å². The number of urea groups is 1. The molecule has 0 atom stereocenters. The normalized spacial score (nSPS) is 14.6. The second-order valence-electron chi connectivity index (χ2n) is 8.43.